The number of halogens is 1. The first-order valence-corrected chi connectivity index (χ1v) is 8.76. The van der Waals surface area contributed by atoms with E-state index in [2.05, 4.69) is 5.32 Å². The summed E-state index contributed by atoms with van der Waals surface area (Å²) in [6, 6.07) is 6.90. The number of benzene rings is 1. The van der Waals surface area contributed by atoms with Crippen molar-refractivity contribution in [3.05, 3.63) is 29.3 Å². The third kappa shape index (κ3) is 6.82. The van der Waals surface area contributed by atoms with Crippen molar-refractivity contribution in [2.45, 2.75) is 45.3 Å². The van der Waals surface area contributed by atoms with Crippen LogP contribution in [0.4, 0.5) is 4.79 Å². The summed E-state index contributed by atoms with van der Waals surface area (Å²) in [5.41, 5.74) is -0.499. The standard InChI is InChI=1S/C18H25ClN2O4/c1-18(2,3)25-17(23)21-10-8-14(9-11-21)20-16(22)12-24-15-6-4-13(19)5-7-15/h4-7,14H,8-12H2,1-3H3,(H,20,22). The summed E-state index contributed by atoms with van der Waals surface area (Å²) in [6.07, 6.45) is 1.10. The third-order valence-electron chi connectivity index (χ3n) is 3.70. The molecule has 1 aliphatic rings. The van der Waals surface area contributed by atoms with Crippen molar-refractivity contribution in [3.8, 4) is 5.75 Å². The maximum Gasteiger partial charge on any atom is 0.410 e. The molecule has 25 heavy (non-hydrogen) atoms. The first-order chi connectivity index (χ1) is 11.7. The van der Waals surface area contributed by atoms with Gasteiger partial charge in [0.15, 0.2) is 6.61 Å². The molecule has 0 unspecified atom stereocenters. The molecule has 0 radical (unpaired) electrons. The average molecular weight is 369 g/mol. The van der Waals surface area contributed by atoms with Gasteiger partial charge in [0.2, 0.25) is 0 Å². The van der Waals surface area contributed by atoms with Crippen LogP contribution in [-0.4, -0.2) is 48.2 Å². The van der Waals surface area contributed by atoms with Gasteiger partial charge in [0, 0.05) is 24.2 Å². The van der Waals surface area contributed by atoms with Gasteiger partial charge in [0.1, 0.15) is 11.4 Å². The van der Waals surface area contributed by atoms with Crippen LogP contribution in [0.25, 0.3) is 0 Å². The Balaban J connectivity index is 1.69. The smallest absolute Gasteiger partial charge is 0.410 e. The lowest BCUT2D eigenvalue weighted by atomic mass is 10.1. The lowest BCUT2D eigenvalue weighted by Crippen LogP contribution is -2.48. The SMILES string of the molecule is CC(C)(C)OC(=O)N1CCC(NC(=O)COc2ccc(Cl)cc2)CC1. The third-order valence-corrected chi connectivity index (χ3v) is 3.95. The van der Waals surface area contributed by atoms with E-state index in [0.717, 1.165) is 0 Å². The van der Waals surface area contributed by atoms with Gasteiger partial charge in [-0.15, -0.1) is 0 Å². The van der Waals surface area contributed by atoms with Gasteiger partial charge >= 0.3 is 6.09 Å². The number of nitrogens with one attached hydrogen (secondary N) is 1. The molecular formula is C18H25ClN2O4. The van der Waals surface area contributed by atoms with Crippen LogP contribution in [0.5, 0.6) is 5.75 Å². The summed E-state index contributed by atoms with van der Waals surface area (Å²) in [5.74, 6) is 0.421. The van der Waals surface area contributed by atoms with E-state index >= 15 is 0 Å². The predicted molar refractivity (Wildman–Crippen MR) is 95.9 cm³/mol. The number of likely N-dealkylation sites (tertiary alicyclic amines) is 1. The van der Waals surface area contributed by atoms with Crippen LogP contribution in [0.2, 0.25) is 5.02 Å². The lowest BCUT2D eigenvalue weighted by molar-refractivity contribution is -0.124. The van der Waals surface area contributed by atoms with Crippen LogP contribution in [0.15, 0.2) is 24.3 Å². The number of amides is 2. The van der Waals surface area contributed by atoms with Crippen molar-refractivity contribution in [3.63, 3.8) is 0 Å². The van der Waals surface area contributed by atoms with E-state index in [1.165, 1.54) is 0 Å². The first-order valence-electron chi connectivity index (χ1n) is 8.38. The van der Waals surface area contributed by atoms with E-state index in [1.807, 2.05) is 20.8 Å². The Morgan fingerprint density at radius 3 is 2.36 bits per heavy atom. The second-order valence-corrected chi connectivity index (χ2v) is 7.49. The minimum Gasteiger partial charge on any atom is -0.484 e. The van der Waals surface area contributed by atoms with Crippen LogP contribution in [-0.2, 0) is 9.53 Å². The number of hydrogen-bond donors (Lipinski definition) is 1. The number of nitrogens with zero attached hydrogens (tertiary/aromatic N) is 1. The van der Waals surface area contributed by atoms with E-state index < -0.39 is 5.60 Å². The predicted octanol–water partition coefficient (Wildman–Crippen LogP) is 3.23. The lowest BCUT2D eigenvalue weighted by Gasteiger charge is -2.33. The molecule has 1 fully saturated rings. The first kappa shape index (κ1) is 19.4. The quantitative estimate of drug-likeness (QED) is 0.885. The van der Waals surface area contributed by atoms with Gasteiger partial charge in [-0.3, -0.25) is 4.79 Å². The maximum atomic E-state index is 12.0. The molecule has 7 heteroatoms. The van der Waals surface area contributed by atoms with E-state index in [9.17, 15) is 9.59 Å². The fourth-order valence-electron chi connectivity index (χ4n) is 2.48. The zero-order valence-corrected chi connectivity index (χ0v) is 15.6. The molecular weight excluding hydrogens is 344 g/mol. The monoisotopic (exact) mass is 368 g/mol. The summed E-state index contributed by atoms with van der Waals surface area (Å²) in [5, 5.41) is 3.56. The second kappa shape index (κ2) is 8.43. The number of carbonyl (C=O) groups is 2. The number of ether oxygens (including phenoxy) is 2. The Labute approximate surface area is 153 Å². The molecule has 1 heterocycles. The topological polar surface area (TPSA) is 67.9 Å². The van der Waals surface area contributed by atoms with Gasteiger partial charge in [-0.05, 0) is 57.9 Å². The van der Waals surface area contributed by atoms with Crippen LogP contribution in [0.3, 0.4) is 0 Å². The van der Waals surface area contributed by atoms with E-state index in [-0.39, 0.29) is 24.6 Å². The second-order valence-electron chi connectivity index (χ2n) is 7.05. The fourth-order valence-corrected chi connectivity index (χ4v) is 2.61. The zero-order chi connectivity index (χ0) is 18.4. The molecule has 0 aliphatic carbocycles. The summed E-state index contributed by atoms with van der Waals surface area (Å²) in [7, 11) is 0. The van der Waals surface area contributed by atoms with Crippen molar-refractivity contribution < 1.29 is 19.1 Å². The summed E-state index contributed by atoms with van der Waals surface area (Å²) in [4.78, 5) is 25.7. The van der Waals surface area contributed by atoms with Crippen LogP contribution in [0.1, 0.15) is 33.6 Å². The molecule has 2 rings (SSSR count). The van der Waals surface area contributed by atoms with E-state index in [1.54, 1.807) is 29.2 Å². The van der Waals surface area contributed by atoms with E-state index in [4.69, 9.17) is 21.1 Å². The summed E-state index contributed by atoms with van der Waals surface area (Å²) in [6.45, 7) is 6.62. The van der Waals surface area contributed by atoms with Gasteiger partial charge < -0.3 is 19.7 Å². The largest absolute Gasteiger partial charge is 0.484 e. The molecule has 2 amide bonds. The van der Waals surface area contributed by atoms with Gasteiger partial charge in [-0.2, -0.15) is 0 Å². The highest BCUT2D eigenvalue weighted by atomic mass is 35.5. The maximum absolute atomic E-state index is 12.0. The number of rotatable bonds is 4. The van der Waals surface area contributed by atoms with Crippen molar-refractivity contribution >= 4 is 23.6 Å². The van der Waals surface area contributed by atoms with Gasteiger partial charge in [0.05, 0.1) is 0 Å². The molecule has 1 aromatic carbocycles. The van der Waals surface area contributed by atoms with Crippen molar-refractivity contribution in [1.29, 1.82) is 0 Å². The molecule has 1 aromatic rings. The molecule has 0 atom stereocenters. The summed E-state index contributed by atoms with van der Waals surface area (Å²) < 4.78 is 10.8. The van der Waals surface area contributed by atoms with Crippen molar-refractivity contribution in [2.75, 3.05) is 19.7 Å². The van der Waals surface area contributed by atoms with Gasteiger partial charge in [0.25, 0.3) is 5.91 Å². The van der Waals surface area contributed by atoms with Crippen molar-refractivity contribution in [1.82, 2.24) is 10.2 Å². The van der Waals surface area contributed by atoms with Gasteiger partial charge in [-0.25, -0.2) is 4.79 Å². The van der Waals surface area contributed by atoms with Crippen LogP contribution < -0.4 is 10.1 Å². The van der Waals surface area contributed by atoms with Crippen LogP contribution >= 0.6 is 11.6 Å². The molecule has 0 saturated carbocycles. The van der Waals surface area contributed by atoms with Crippen molar-refractivity contribution in [2.24, 2.45) is 0 Å². The fraction of sp³-hybridized carbons (Fsp3) is 0.556. The molecule has 6 nitrogen and oxygen atoms in total. The molecule has 1 N–H and O–H groups in total. The zero-order valence-electron chi connectivity index (χ0n) is 14.9. The molecule has 138 valence electrons. The Morgan fingerprint density at radius 2 is 1.80 bits per heavy atom. The number of piperidine rings is 1. The van der Waals surface area contributed by atoms with E-state index in [0.29, 0.717) is 36.7 Å². The number of hydrogen-bond acceptors (Lipinski definition) is 4. The Kier molecular flexibility index (Phi) is 6.53. The molecule has 0 bridgehead atoms. The minimum absolute atomic E-state index is 0.0417. The highest BCUT2D eigenvalue weighted by Gasteiger charge is 2.27. The average Bonchev–Trinajstić information content (AvgIpc) is 2.53. The summed E-state index contributed by atoms with van der Waals surface area (Å²) >= 11 is 5.80. The molecule has 0 spiro atoms. The Hall–Kier alpha value is -1.95. The molecule has 1 aliphatic heterocycles. The Morgan fingerprint density at radius 1 is 1.20 bits per heavy atom. The normalized spacial score (nSPS) is 15.6. The number of carbonyl (C=O) groups excluding carboxylic acids is 2. The van der Waals surface area contributed by atoms with Crippen LogP contribution in [0, 0.1) is 0 Å². The molecule has 1 saturated heterocycles. The Bertz CT molecular complexity index is 590. The highest BCUT2D eigenvalue weighted by molar-refractivity contribution is 6.30. The van der Waals surface area contributed by atoms with Gasteiger partial charge in [-0.1, -0.05) is 11.6 Å². The minimum atomic E-state index is -0.499. The molecule has 0 aromatic heterocycles. The highest BCUT2D eigenvalue weighted by Crippen LogP contribution is 2.17.